The number of hydrogen-bond donors (Lipinski definition) is 1. The van der Waals surface area contributed by atoms with Crippen molar-refractivity contribution in [1.82, 2.24) is 9.97 Å². The molecule has 0 aliphatic carbocycles. The molecule has 2 rings (SSSR count). The maximum absolute atomic E-state index is 12.3. The second-order valence-corrected chi connectivity index (χ2v) is 4.58. The summed E-state index contributed by atoms with van der Waals surface area (Å²) in [5, 5.41) is 2.69. The molecule has 1 unspecified atom stereocenters. The Morgan fingerprint density at radius 2 is 2.04 bits per heavy atom. The van der Waals surface area contributed by atoms with E-state index in [0.717, 1.165) is 0 Å². The first-order valence-electron chi connectivity index (χ1n) is 7.06. The summed E-state index contributed by atoms with van der Waals surface area (Å²) in [6, 6.07) is 6.99. The highest BCUT2D eigenvalue weighted by Gasteiger charge is 2.23. The molecule has 0 bridgehead atoms. The number of ether oxygens (including phenoxy) is 2. The number of anilines is 1. The molecule has 2 aromatic rings. The van der Waals surface area contributed by atoms with Crippen LogP contribution in [0.2, 0.25) is 0 Å². The fraction of sp³-hybridized carbons (Fsp3) is 0.250. The Morgan fingerprint density at radius 1 is 1.26 bits per heavy atom. The van der Waals surface area contributed by atoms with Crippen molar-refractivity contribution >= 4 is 17.6 Å². The van der Waals surface area contributed by atoms with Crippen molar-refractivity contribution in [2.75, 3.05) is 12.4 Å². The number of amides is 1. The van der Waals surface area contributed by atoms with Crippen LogP contribution in [-0.4, -0.2) is 35.1 Å². The van der Waals surface area contributed by atoms with Crippen molar-refractivity contribution < 1.29 is 19.1 Å². The first-order chi connectivity index (χ1) is 11.2. The van der Waals surface area contributed by atoms with E-state index in [1.807, 2.05) is 0 Å². The molecule has 7 heteroatoms. The number of hydrogen-bond acceptors (Lipinski definition) is 6. The number of nitrogens with zero attached hydrogens (tertiary/aromatic N) is 2. The molecule has 0 aliphatic rings. The minimum atomic E-state index is -0.936. The molecule has 1 N–H and O–H groups in total. The van der Waals surface area contributed by atoms with Crippen molar-refractivity contribution in [1.29, 1.82) is 0 Å². The van der Waals surface area contributed by atoms with Gasteiger partial charge >= 0.3 is 5.97 Å². The SMILES string of the molecule is CCC(OC(=O)c1cnccn1)C(=O)Nc1ccccc1OC. The van der Waals surface area contributed by atoms with Crippen LogP contribution in [0.3, 0.4) is 0 Å². The summed E-state index contributed by atoms with van der Waals surface area (Å²) in [5.41, 5.74) is 0.560. The summed E-state index contributed by atoms with van der Waals surface area (Å²) in [4.78, 5) is 31.9. The predicted molar refractivity (Wildman–Crippen MR) is 83.2 cm³/mol. The molecule has 7 nitrogen and oxygen atoms in total. The maximum Gasteiger partial charge on any atom is 0.359 e. The lowest BCUT2D eigenvalue weighted by Gasteiger charge is -2.16. The number of carbonyl (C=O) groups is 2. The number of para-hydroxylation sites is 2. The molecular formula is C16H17N3O4. The summed E-state index contributed by atoms with van der Waals surface area (Å²) in [6.07, 6.45) is 3.50. The van der Waals surface area contributed by atoms with Gasteiger partial charge < -0.3 is 14.8 Å². The normalized spacial score (nSPS) is 11.4. The van der Waals surface area contributed by atoms with Crippen LogP contribution >= 0.6 is 0 Å². The number of rotatable bonds is 6. The van der Waals surface area contributed by atoms with E-state index in [1.165, 1.54) is 25.7 Å². The van der Waals surface area contributed by atoms with Crippen molar-refractivity contribution in [3.63, 3.8) is 0 Å². The molecule has 23 heavy (non-hydrogen) atoms. The largest absolute Gasteiger partial charge is 0.495 e. The topological polar surface area (TPSA) is 90.4 Å². The Balaban J connectivity index is 2.05. The van der Waals surface area contributed by atoms with Gasteiger partial charge in [-0.25, -0.2) is 9.78 Å². The number of carbonyl (C=O) groups excluding carboxylic acids is 2. The summed E-state index contributed by atoms with van der Waals surface area (Å²) in [7, 11) is 1.51. The fourth-order valence-electron chi connectivity index (χ4n) is 1.88. The summed E-state index contributed by atoms with van der Waals surface area (Å²) in [6.45, 7) is 1.75. The molecule has 0 radical (unpaired) electrons. The minimum absolute atomic E-state index is 0.0519. The van der Waals surface area contributed by atoms with Crippen LogP contribution in [0.15, 0.2) is 42.9 Å². The Morgan fingerprint density at radius 3 is 2.70 bits per heavy atom. The first kappa shape index (κ1) is 16.4. The van der Waals surface area contributed by atoms with Crippen molar-refractivity contribution in [3.8, 4) is 5.75 Å². The number of esters is 1. The molecule has 0 fully saturated rings. The number of nitrogens with one attached hydrogen (secondary N) is 1. The number of benzene rings is 1. The van der Waals surface area contributed by atoms with Crippen molar-refractivity contribution in [3.05, 3.63) is 48.5 Å². The molecule has 1 amide bonds. The smallest absolute Gasteiger partial charge is 0.359 e. The van der Waals surface area contributed by atoms with Gasteiger partial charge in [-0.15, -0.1) is 0 Å². The molecule has 1 heterocycles. The van der Waals surface area contributed by atoms with E-state index in [1.54, 1.807) is 31.2 Å². The zero-order valence-corrected chi connectivity index (χ0v) is 12.9. The number of methoxy groups -OCH3 is 1. The van der Waals surface area contributed by atoms with Crippen molar-refractivity contribution in [2.24, 2.45) is 0 Å². The predicted octanol–water partition coefficient (Wildman–Crippen LogP) is 2.06. The average molecular weight is 315 g/mol. The summed E-state index contributed by atoms with van der Waals surface area (Å²) >= 11 is 0. The fourth-order valence-corrected chi connectivity index (χ4v) is 1.88. The maximum atomic E-state index is 12.3. The molecular weight excluding hydrogens is 298 g/mol. The molecule has 1 aromatic heterocycles. The highest BCUT2D eigenvalue weighted by atomic mass is 16.5. The molecule has 1 atom stereocenters. The van der Waals surface area contributed by atoms with Gasteiger partial charge in [0.1, 0.15) is 5.75 Å². The van der Waals surface area contributed by atoms with Crippen LogP contribution in [0.5, 0.6) is 5.75 Å². The lowest BCUT2D eigenvalue weighted by atomic mass is 10.2. The van der Waals surface area contributed by atoms with Crippen LogP contribution < -0.4 is 10.1 Å². The van der Waals surface area contributed by atoms with Crippen LogP contribution in [0, 0.1) is 0 Å². The van der Waals surface area contributed by atoms with Crippen molar-refractivity contribution in [2.45, 2.75) is 19.4 Å². The molecule has 120 valence electrons. The monoisotopic (exact) mass is 315 g/mol. The molecule has 0 spiro atoms. The second-order valence-electron chi connectivity index (χ2n) is 4.58. The second kappa shape index (κ2) is 7.88. The third-order valence-electron chi connectivity index (χ3n) is 3.05. The lowest BCUT2D eigenvalue weighted by molar-refractivity contribution is -0.124. The van der Waals surface area contributed by atoms with Gasteiger partial charge in [0.15, 0.2) is 11.8 Å². The van der Waals surface area contributed by atoms with Crippen LogP contribution in [-0.2, 0) is 9.53 Å². The standard InChI is InChI=1S/C16H17N3O4/c1-3-13(23-16(21)12-10-17-8-9-18-12)15(20)19-11-6-4-5-7-14(11)22-2/h4-10,13H,3H2,1-2H3,(H,19,20). The zero-order valence-electron chi connectivity index (χ0n) is 12.9. The molecule has 0 saturated heterocycles. The quantitative estimate of drug-likeness (QED) is 0.821. The highest BCUT2D eigenvalue weighted by Crippen LogP contribution is 2.23. The van der Waals surface area contributed by atoms with E-state index < -0.39 is 18.0 Å². The van der Waals surface area contributed by atoms with E-state index in [-0.39, 0.29) is 5.69 Å². The molecule has 1 aromatic carbocycles. The summed E-state index contributed by atoms with van der Waals surface area (Å²) < 4.78 is 10.4. The van der Waals surface area contributed by atoms with Gasteiger partial charge in [0.2, 0.25) is 0 Å². The van der Waals surface area contributed by atoms with Gasteiger partial charge in [-0.1, -0.05) is 19.1 Å². The third-order valence-corrected chi connectivity index (χ3v) is 3.05. The van der Waals surface area contributed by atoms with Gasteiger partial charge in [-0.2, -0.15) is 0 Å². The average Bonchev–Trinajstić information content (AvgIpc) is 2.60. The van der Waals surface area contributed by atoms with Crippen LogP contribution in [0.4, 0.5) is 5.69 Å². The van der Waals surface area contributed by atoms with E-state index in [0.29, 0.717) is 17.9 Å². The lowest BCUT2D eigenvalue weighted by Crippen LogP contribution is -2.32. The third kappa shape index (κ3) is 4.26. The zero-order chi connectivity index (χ0) is 16.7. The van der Waals surface area contributed by atoms with Gasteiger partial charge in [-0.3, -0.25) is 9.78 Å². The van der Waals surface area contributed by atoms with E-state index in [2.05, 4.69) is 15.3 Å². The Hall–Kier alpha value is -2.96. The first-order valence-corrected chi connectivity index (χ1v) is 7.06. The van der Waals surface area contributed by atoms with Gasteiger partial charge in [0.25, 0.3) is 5.91 Å². The Kier molecular flexibility index (Phi) is 5.62. The van der Waals surface area contributed by atoms with Gasteiger partial charge in [0.05, 0.1) is 19.0 Å². The minimum Gasteiger partial charge on any atom is -0.495 e. The van der Waals surface area contributed by atoms with Crippen LogP contribution in [0.1, 0.15) is 23.8 Å². The highest BCUT2D eigenvalue weighted by molar-refractivity contribution is 5.97. The summed E-state index contributed by atoms with van der Waals surface area (Å²) in [5.74, 6) is -0.606. The van der Waals surface area contributed by atoms with Gasteiger partial charge in [-0.05, 0) is 18.6 Å². The Labute approximate surface area is 133 Å². The molecule has 0 aliphatic heterocycles. The number of aromatic nitrogens is 2. The Bertz CT molecular complexity index is 676. The van der Waals surface area contributed by atoms with E-state index >= 15 is 0 Å². The van der Waals surface area contributed by atoms with Gasteiger partial charge in [0, 0.05) is 12.4 Å². The van der Waals surface area contributed by atoms with E-state index in [4.69, 9.17) is 9.47 Å². The van der Waals surface area contributed by atoms with E-state index in [9.17, 15) is 9.59 Å². The molecule has 0 saturated carbocycles. The van der Waals surface area contributed by atoms with Crippen LogP contribution in [0.25, 0.3) is 0 Å².